The molecule has 1 heterocycles. The average Bonchev–Trinajstić information content (AvgIpc) is 2.24. The molecule has 15 heavy (non-hydrogen) atoms. The van der Waals surface area contributed by atoms with Crippen LogP contribution in [0.5, 0.6) is 0 Å². The molecule has 0 N–H and O–H groups in total. The van der Waals surface area contributed by atoms with Gasteiger partial charge in [-0.3, -0.25) is 4.90 Å². The molecule has 0 saturated carbocycles. The first-order valence-electron chi connectivity index (χ1n) is 6.46. The quantitative estimate of drug-likeness (QED) is 0.587. The molecule has 0 unspecified atom stereocenters. The van der Waals surface area contributed by atoms with Gasteiger partial charge in [-0.05, 0) is 64.5 Å². The molecule has 0 bridgehead atoms. The molecule has 0 aliphatic carbocycles. The van der Waals surface area contributed by atoms with Gasteiger partial charge in [0.25, 0.3) is 0 Å². The first-order valence-corrected chi connectivity index (χ1v) is 6.46. The molecule has 1 rings (SSSR count). The fourth-order valence-corrected chi connectivity index (χ4v) is 2.63. The molecule has 0 radical (unpaired) electrons. The smallest absolute Gasteiger partial charge is 0.0125 e. The van der Waals surface area contributed by atoms with Crippen LogP contribution in [-0.2, 0) is 0 Å². The highest BCUT2D eigenvalue weighted by atomic mass is 15.2. The van der Waals surface area contributed by atoms with Gasteiger partial charge in [-0.1, -0.05) is 20.8 Å². The van der Waals surface area contributed by atoms with Crippen LogP contribution in [0.3, 0.4) is 0 Å². The molecule has 0 aromatic heterocycles. The van der Waals surface area contributed by atoms with E-state index in [1.807, 2.05) is 0 Å². The minimum absolute atomic E-state index is 0.354. The van der Waals surface area contributed by atoms with Gasteiger partial charge in [-0.2, -0.15) is 0 Å². The van der Waals surface area contributed by atoms with Crippen LogP contribution in [0.4, 0.5) is 0 Å². The topological polar surface area (TPSA) is 3.24 Å². The minimum Gasteiger partial charge on any atom is -0.298 e. The van der Waals surface area contributed by atoms with Crippen molar-refractivity contribution >= 4 is 0 Å². The number of likely N-dealkylation sites (tertiary alicyclic amines) is 1. The molecule has 1 atom stereocenters. The molecule has 1 fully saturated rings. The normalized spacial score (nSPS) is 26.4. The predicted molar refractivity (Wildman–Crippen MR) is 68.1 cm³/mol. The molecule has 1 saturated heterocycles. The number of hydrogen-bond acceptors (Lipinski definition) is 1. The highest BCUT2D eigenvalue weighted by molar-refractivity contribution is 4.83. The highest BCUT2D eigenvalue weighted by Crippen LogP contribution is 2.35. The van der Waals surface area contributed by atoms with Crippen molar-refractivity contribution in [3.05, 3.63) is 0 Å². The average molecular weight is 211 g/mol. The van der Waals surface area contributed by atoms with Crippen LogP contribution < -0.4 is 0 Å². The summed E-state index contributed by atoms with van der Waals surface area (Å²) in [6.45, 7) is 16.8. The Morgan fingerprint density at radius 2 is 1.47 bits per heavy atom. The summed E-state index contributed by atoms with van der Waals surface area (Å²) in [5, 5.41) is 0. The van der Waals surface area contributed by atoms with E-state index < -0.39 is 0 Å². The number of rotatable bonds is 0. The summed E-state index contributed by atoms with van der Waals surface area (Å²) in [5.41, 5.74) is 0.848. The highest BCUT2D eigenvalue weighted by Gasteiger charge is 2.30. The molecule has 0 aromatic rings. The monoisotopic (exact) mass is 211 g/mol. The lowest BCUT2D eigenvalue weighted by Crippen LogP contribution is -2.42. The van der Waals surface area contributed by atoms with Crippen LogP contribution in [0.2, 0.25) is 0 Å². The van der Waals surface area contributed by atoms with Gasteiger partial charge in [0.1, 0.15) is 0 Å². The van der Waals surface area contributed by atoms with Gasteiger partial charge < -0.3 is 0 Å². The van der Waals surface area contributed by atoms with Crippen molar-refractivity contribution in [1.29, 1.82) is 0 Å². The molecular formula is C14H29N. The van der Waals surface area contributed by atoms with E-state index in [0.717, 1.165) is 5.92 Å². The Balaban J connectivity index is 2.57. The van der Waals surface area contributed by atoms with E-state index in [1.54, 1.807) is 0 Å². The zero-order valence-electron chi connectivity index (χ0n) is 11.6. The summed E-state index contributed by atoms with van der Waals surface area (Å²) < 4.78 is 0. The van der Waals surface area contributed by atoms with Gasteiger partial charge in [0.2, 0.25) is 0 Å². The van der Waals surface area contributed by atoms with Crippen molar-refractivity contribution in [3.63, 3.8) is 0 Å². The lowest BCUT2D eigenvalue weighted by molar-refractivity contribution is 0.134. The second-order valence-electron chi connectivity index (χ2n) is 7.15. The van der Waals surface area contributed by atoms with Crippen LogP contribution in [-0.4, -0.2) is 23.5 Å². The van der Waals surface area contributed by atoms with Gasteiger partial charge in [0.15, 0.2) is 0 Å². The van der Waals surface area contributed by atoms with E-state index in [9.17, 15) is 0 Å². The van der Waals surface area contributed by atoms with Gasteiger partial charge in [0, 0.05) is 5.54 Å². The van der Waals surface area contributed by atoms with Crippen LogP contribution >= 0.6 is 0 Å². The van der Waals surface area contributed by atoms with Crippen molar-refractivity contribution in [2.75, 3.05) is 13.1 Å². The number of nitrogens with zero attached hydrogens (tertiary/aromatic N) is 1. The zero-order chi connectivity index (χ0) is 11.7. The van der Waals surface area contributed by atoms with E-state index in [-0.39, 0.29) is 0 Å². The lowest BCUT2D eigenvalue weighted by atomic mass is 9.77. The Labute approximate surface area is 96.2 Å². The molecule has 90 valence electrons. The van der Waals surface area contributed by atoms with Crippen LogP contribution in [0.25, 0.3) is 0 Å². The summed E-state index contributed by atoms with van der Waals surface area (Å²) in [6.07, 6.45) is 4.16. The fourth-order valence-electron chi connectivity index (χ4n) is 2.63. The molecule has 0 amide bonds. The maximum atomic E-state index is 2.65. The summed E-state index contributed by atoms with van der Waals surface area (Å²) in [7, 11) is 0. The molecule has 1 aliphatic rings. The van der Waals surface area contributed by atoms with Crippen molar-refractivity contribution in [3.8, 4) is 0 Å². The Morgan fingerprint density at radius 1 is 0.867 bits per heavy atom. The molecular weight excluding hydrogens is 182 g/mol. The Bertz CT molecular complexity index is 172. The third-order valence-corrected chi connectivity index (χ3v) is 3.90. The van der Waals surface area contributed by atoms with Crippen molar-refractivity contribution in [2.45, 2.75) is 66.3 Å². The molecule has 0 spiro atoms. The first kappa shape index (κ1) is 13.0. The molecule has 0 aromatic carbocycles. The van der Waals surface area contributed by atoms with Gasteiger partial charge in [-0.15, -0.1) is 0 Å². The first-order chi connectivity index (χ1) is 6.71. The molecule has 1 heteroatoms. The summed E-state index contributed by atoms with van der Waals surface area (Å²) in [4.78, 5) is 2.65. The number of hydrogen-bond donors (Lipinski definition) is 0. The lowest BCUT2D eigenvalue weighted by Gasteiger charge is -2.35. The minimum atomic E-state index is 0.354. The predicted octanol–water partition coefficient (Wildman–Crippen LogP) is 3.93. The van der Waals surface area contributed by atoms with Gasteiger partial charge in [0.05, 0.1) is 0 Å². The van der Waals surface area contributed by atoms with Crippen LogP contribution in [0.1, 0.15) is 60.8 Å². The van der Waals surface area contributed by atoms with Crippen LogP contribution in [0.15, 0.2) is 0 Å². The van der Waals surface area contributed by atoms with E-state index in [2.05, 4.69) is 46.4 Å². The van der Waals surface area contributed by atoms with Crippen molar-refractivity contribution in [1.82, 2.24) is 4.90 Å². The third-order valence-electron chi connectivity index (χ3n) is 3.90. The van der Waals surface area contributed by atoms with Gasteiger partial charge >= 0.3 is 0 Å². The SMILES string of the molecule is CC(C)(C)[C@@H]1CCCN(C(C)(C)C)CC1. The second-order valence-corrected chi connectivity index (χ2v) is 7.15. The summed E-state index contributed by atoms with van der Waals surface area (Å²) in [5.74, 6) is 0.907. The van der Waals surface area contributed by atoms with Crippen LogP contribution in [0, 0.1) is 11.3 Å². The van der Waals surface area contributed by atoms with Crippen molar-refractivity contribution < 1.29 is 0 Å². The zero-order valence-corrected chi connectivity index (χ0v) is 11.6. The van der Waals surface area contributed by atoms with E-state index in [4.69, 9.17) is 0 Å². The van der Waals surface area contributed by atoms with E-state index in [0.29, 0.717) is 11.0 Å². The Hall–Kier alpha value is -0.0400. The van der Waals surface area contributed by atoms with Gasteiger partial charge in [-0.25, -0.2) is 0 Å². The fraction of sp³-hybridized carbons (Fsp3) is 1.00. The van der Waals surface area contributed by atoms with Crippen molar-refractivity contribution in [2.24, 2.45) is 11.3 Å². The Kier molecular flexibility index (Phi) is 3.86. The summed E-state index contributed by atoms with van der Waals surface area (Å²) >= 11 is 0. The maximum absolute atomic E-state index is 2.65. The molecule has 1 aliphatic heterocycles. The van der Waals surface area contributed by atoms with E-state index in [1.165, 1.54) is 32.4 Å². The summed E-state index contributed by atoms with van der Waals surface area (Å²) in [6, 6.07) is 0. The molecule has 1 nitrogen and oxygen atoms in total. The maximum Gasteiger partial charge on any atom is 0.0125 e. The Morgan fingerprint density at radius 3 is 1.93 bits per heavy atom. The second kappa shape index (κ2) is 4.45. The largest absolute Gasteiger partial charge is 0.298 e. The van der Waals surface area contributed by atoms with E-state index >= 15 is 0 Å². The third kappa shape index (κ3) is 3.79. The standard InChI is InChI=1S/C14H29N/c1-13(2,3)12-8-7-10-15(11-9-12)14(4,5)6/h12H,7-11H2,1-6H3/t12-/m1/s1.